The summed E-state index contributed by atoms with van der Waals surface area (Å²) in [5.74, 6) is 1.02. The highest BCUT2D eigenvalue weighted by atomic mass is 16.5. The van der Waals surface area contributed by atoms with Crippen molar-refractivity contribution >= 4 is 0 Å². The summed E-state index contributed by atoms with van der Waals surface area (Å²) in [6.45, 7) is 12.3. The highest BCUT2D eigenvalue weighted by molar-refractivity contribution is 5.42. The van der Waals surface area contributed by atoms with Crippen LogP contribution in [-0.4, -0.2) is 32.9 Å². The van der Waals surface area contributed by atoms with E-state index in [0.717, 1.165) is 32.1 Å². The fraction of sp³-hybridized carbons (Fsp3) is 0.600. The maximum Gasteiger partial charge on any atom is 0.125 e. The molecule has 0 heterocycles. The molecule has 18 heavy (non-hydrogen) atoms. The van der Waals surface area contributed by atoms with Crippen LogP contribution in [0.1, 0.15) is 23.6 Å². The highest BCUT2D eigenvalue weighted by Gasteiger charge is 2.04. The number of benzene rings is 1. The molecule has 102 valence electrons. The maximum absolute atomic E-state index is 5.83. The van der Waals surface area contributed by atoms with Gasteiger partial charge in [0.15, 0.2) is 0 Å². The Morgan fingerprint density at radius 1 is 1.00 bits per heavy atom. The van der Waals surface area contributed by atoms with E-state index in [-0.39, 0.29) is 0 Å². The number of hydrogen-bond acceptors (Lipinski definition) is 3. The van der Waals surface area contributed by atoms with Gasteiger partial charge in [-0.15, -0.1) is 0 Å². The van der Waals surface area contributed by atoms with Crippen LogP contribution in [0.5, 0.6) is 5.75 Å². The Kier molecular flexibility index (Phi) is 6.76. The van der Waals surface area contributed by atoms with Crippen LogP contribution in [0, 0.1) is 20.8 Å². The average molecular weight is 251 g/mol. The lowest BCUT2D eigenvalue weighted by Gasteiger charge is -2.13. The minimum Gasteiger partial charge on any atom is -0.492 e. The topological polar surface area (TPSA) is 30.5 Å². The van der Waals surface area contributed by atoms with Crippen LogP contribution in [0.4, 0.5) is 0 Å². The van der Waals surface area contributed by atoms with E-state index in [2.05, 4.69) is 38.2 Å². The van der Waals surface area contributed by atoms with E-state index in [1.165, 1.54) is 16.7 Å². The molecular formula is C15H25NO2. The molecule has 0 saturated carbocycles. The molecule has 3 nitrogen and oxygen atoms in total. The van der Waals surface area contributed by atoms with Crippen LogP contribution < -0.4 is 10.1 Å². The molecule has 0 aliphatic rings. The van der Waals surface area contributed by atoms with Gasteiger partial charge >= 0.3 is 0 Å². The molecule has 1 N–H and O–H groups in total. The van der Waals surface area contributed by atoms with E-state index in [9.17, 15) is 0 Å². The van der Waals surface area contributed by atoms with Gasteiger partial charge in [-0.2, -0.15) is 0 Å². The van der Waals surface area contributed by atoms with Gasteiger partial charge < -0.3 is 14.8 Å². The second-order valence-electron chi connectivity index (χ2n) is 4.52. The van der Waals surface area contributed by atoms with Gasteiger partial charge in [0.1, 0.15) is 12.4 Å². The summed E-state index contributed by atoms with van der Waals surface area (Å²) in [5.41, 5.74) is 3.70. The highest BCUT2D eigenvalue weighted by Crippen LogP contribution is 2.24. The van der Waals surface area contributed by atoms with Gasteiger partial charge in [0.05, 0.1) is 6.61 Å². The van der Waals surface area contributed by atoms with Crippen molar-refractivity contribution in [3.05, 3.63) is 28.8 Å². The summed E-state index contributed by atoms with van der Waals surface area (Å²) in [4.78, 5) is 0. The molecule has 1 aromatic carbocycles. The van der Waals surface area contributed by atoms with Crippen molar-refractivity contribution in [1.82, 2.24) is 5.32 Å². The zero-order chi connectivity index (χ0) is 13.4. The third kappa shape index (κ3) is 5.07. The van der Waals surface area contributed by atoms with Crippen molar-refractivity contribution in [2.45, 2.75) is 27.7 Å². The summed E-state index contributed by atoms with van der Waals surface area (Å²) < 4.78 is 11.1. The molecule has 1 rings (SSSR count). The largest absolute Gasteiger partial charge is 0.492 e. The van der Waals surface area contributed by atoms with E-state index in [0.29, 0.717) is 6.61 Å². The van der Waals surface area contributed by atoms with Crippen LogP contribution in [0.2, 0.25) is 0 Å². The first-order chi connectivity index (χ1) is 8.65. The van der Waals surface area contributed by atoms with Gasteiger partial charge in [0.2, 0.25) is 0 Å². The molecular weight excluding hydrogens is 226 g/mol. The molecule has 0 saturated heterocycles. The zero-order valence-electron chi connectivity index (χ0n) is 12.0. The van der Waals surface area contributed by atoms with Crippen molar-refractivity contribution in [1.29, 1.82) is 0 Å². The van der Waals surface area contributed by atoms with Crippen molar-refractivity contribution in [3.8, 4) is 5.75 Å². The maximum atomic E-state index is 5.83. The molecule has 0 fully saturated rings. The van der Waals surface area contributed by atoms with Crippen molar-refractivity contribution in [2.24, 2.45) is 0 Å². The number of rotatable bonds is 8. The average Bonchev–Trinajstić information content (AvgIpc) is 2.30. The lowest BCUT2D eigenvalue weighted by Crippen LogP contribution is -2.25. The molecule has 0 aliphatic carbocycles. The van der Waals surface area contributed by atoms with E-state index >= 15 is 0 Å². The Hall–Kier alpha value is -1.06. The molecule has 0 amide bonds. The smallest absolute Gasteiger partial charge is 0.125 e. The van der Waals surface area contributed by atoms with Crippen molar-refractivity contribution < 1.29 is 9.47 Å². The molecule has 0 aliphatic heterocycles. The molecule has 1 aromatic rings. The minimum absolute atomic E-state index is 0.691. The van der Waals surface area contributed by atoms with Crippen molar-refractivity contribution in [2.75, 3.05) is 32.9 Å². The number of aryl methyl sites for hydroxylation is 3. The molecule has 0 radical (unpaired) electrons. The summed E-state index contributed by atoms with van der Waals surface area (Å²) in [5, 5.41) is 3.29. The molecule has 0 unspecified atom stereocenters. The third-order valence-corrected chi connectivity index (χ3v) is 2.76. The Balaban J connectivity index is 2.27. The number of ether oxygens (including phenoxy) is 2. The normalized spacial score (nSPS) is 10.7. The lowest BCUT2D eigenvalue weighted by atomic mass is 10.1. The van der Waals surface area contributed by atoms with Gasteiger partial charge in [-0.3, -0.25) is 0 Å². The van der Waals surface area contributed by atoms with Crippen LogP contribution >= 0.6 is 0 Å². The summed E-state index contributed by atoms with van der Waals surface area (Å²) in [6, 6.07) is 4.32. The number of hydrogen-bond donors (Lipinski definition) is 1. The summed E-state index contributed by atoms with van der Waals surface area (Å²) in [7, 11) is 0. The minimum atomic E-state index is 0.691. The Morgan fingerprint density at radius 3 is 2.22 bits per heavy atom. The monoisotopic (exact) mass is 251 g/mol. The summed E-state index contributed by atoms with van der Waals surface area (Å²) in [6.07, 6.45) is 0. The standard InChI is InChI=1S/C15H25NO2/c1-5-17-8-6-16-7-9-18-15-13(3)10-12(2)11-14(15)4/h10-11,16H,5-9H2,1-4H3. The fourth-order valence-electron chi connectivity index (χ4n) is 2.03. The summed E-state index contributed by atoms with van der Waals surface area (Å²) >= 11 is 0. The first kappa shape index (κ1) is 15.0. The predicted molar refractivity (Wildman–Crippen MR) is 75.5 cm³/mol. The van der Waals surface area contributed by atoms with E-state index in [4.69, 9.17) is 9.47 Å². The van der Waals surface area contributed by atoms with Gasteiger partial charge in [0, 0.05) is 19.7 Å². The van der Waals surface area contributed by atoms with Crippen LogP contribution in [0.15, 0.2) is 12.1 Å². The van der Waals surface area contributed by atoms with E-state index in [1.807, 2.05) is 6.92 Å². The van der Waals surface area contributed by atoms with Gasteiger partial charge in [-0.25, -0.2) is 0 Å². The zero-order valence-corrected chi connectivity index (χ0v) is 12.0. The SMILES string of the molecule is CCOCCNCCOc1c(C)cc(C)cc1C. The lowest BCUT2D eigenvalue weighted by molar-refractivity contribution is 0.148. The molecule has 3 heteroatoms. The quantitative estimate of drug-likeness (QED) is 0.720. The first-order valence-electron chi connectivity index (χ1n) is 6.64. The van der Waals surface area contributed by atoms with Gasteiger partial charge in [-0.1, -0.05) is 17.7 Å². The Labute approximate surface area is 110 Å². The van der Waals surface area contributed by atoms with Crippen LogP contribution in [0.3, 0.4) is 0 Å². The van der Waals surface area contributed by atoms with E-state index < -0.39 is 0 Å². The molecule has 0 bridgehead atoms. The predicted octanol–water partition coefficient (Wildman–Crippen LogP) is 2.62. The Morgan fingerprint density at radius 2 is 1.61 bits per heavy atom. The fourth-order valence-corrected chi connectivity index (χ4v) is 2.03. The van der Waals surface area contributed by atoms with E-state index in [1.54, 1.807) is 0 Å². The van der Waals surface area contributed by atoms with Crippen molar-refractivity contribution in [3.63, 3.8) is 0 Å². The Bertz CT molecular complexity index is 341. The van der Waals surface area contributed by atoms with Gasteiger partial charge in [0.25, 0.3) is 0 Å². The second kappa shape index (κ2) is 8.11. The van der Waals surface area contributed by atoms with Crippen LogP contribution in [0.25, 0.3) is 0 Å². The molecule has 0 aromatic heterocycles. The second-order valence-corrected chi connectivity index (χ2v) is 4.52. The first-order valence-corrected chi connectivity index (χ1v) is 6.64. The van der Waals surface area contributed by atoms with Crippen LogP contribution in [-0.2, 0) is 4.74 Å². The molecule has 0 atom stereocenters. The molecule has 0 spiro atoms. The third-order valence-electron chi connectivity index (χ3n) is 2.76. The van der Waals surface area contributed by atoms with Gasteiger partial charge in [-0.05, 0) is 38.8 Å². The number of nitrogens with one attached hydrogen (secondary N) is 1.